The summed E-state index contributed by atoms with van der Waals surface area (Å²) in [5.74, 6) is -0.882. The summed E-state index contributed by atoms with van der Waals surface area (Å²) < 4.78 is 1.88. The maximum absolute atomic E-state index is 11.2. The van der Waals surface area contributed by atoms with Crippen LogP contribution >= 0.6 is 45.6 Å². The fourth-order valence-corrected chi connectivity index (χ4v) is 5.80. The van der Waals surface area contributed by atoms with Gasteiger partial charge in [-0.25, -0.2) is 4.98 Å². The van der Waals surface area contributed by atoms with E-state index in [2.05, 4.69) is 23.2 Å². The average molecular weight is 392 g/mol. The van der Waals surface area contributed by atoms with Crippen LogP contribution in [-0.2, 0) is 11.2 Å². The molecule has 0 saturated heterocycles. The van der Waals surface area contributed by atoms with Gasteiger partial charge in [0.2, 0.25) is 0 Å². The van der Waals surface area contributed by atoms with E-state index >= 15 is 0 Å². The van der Waals surface area contributed by atoms with Gasteiger partial charge in [0.1, 0.15) is 5.01 Å². The molecule has 0 aliphatic rings. The molecule has 0 bridgehead atoms. The number of thiophene rings is 2. The Morgan fingerprint density at radius 2 is 1.92 bits per heavy atom. The summed E-state index contributed by atoms with van der Waals surface area (Å²) in [4.78, 5) is 18.7. The number of carboxylic acid groups (broad SMARTS) is 1. The van der Waals surface area contributed by atoms with Crippen LogP contribution in [0.1, 0.15) is 5.69 Å². The second-order valence-corrected chi connectivity index (χ2v) is 8.92. The number of nitrogens with zero attached hydrogens (tertiary/aromatic N) is 1. The van der Waals surface area contributed by atoms with Crippen molar-refractivity contribution in [3.63, 3.8) is 0 Å². The van der Waals surface area contributed by atoms with Crippen molar-refractivity contribution in [3.8, 4) is 19.6 Å². The van der Waals surface area contributed by atoms with Crippen molar-refractivity contribution in [2.24, 2.45) is 0 Å². The fourth-order valence-electron chi connectivity index (χ4n) is 2.44. The van der Waals surface area contributed by atoms with Crippen molar-refractivity contribution in [2.75, 3.05) is 0 Å². The molecule has 24 heavy (non-hydrogen) atoms. The van der Waals surface area contributed by atoms with Gasteiger partial charge in [0.15, 0.2) is 0 Å². The Kier molecular flexibility index (Phi) is 4.14. The molecule has 4 rings (SSSR count). The minimum Gasteiger partial charge on any atom is -0.481 e. The average Bonchev–Trinajstić information content (AvgIpc) is 3.23. The first-order chi connectivity index (χ1) is 11.6. The number of fused-ring (bicyclic) bond motifs is 1. The van der Waals surface area contributed by atoms with E-state index < -0.39 is 5.97 Å². The lowest BCUT2D eigenvalue weighted by atomic mass is 10.2. The van der Waals surface area contributed by atoms with Gasteiger partial charge in [0.25, 0.3) is 0 Å². The van der Waals surface area contributed by atoms with Gasteiger partial charge in [-0.2, -0.15) is 0 Å². The number of benzene rings is 1. The molecule has 3 aromatic heterocycles. The first-order valence-electron chi connectivity index (χ1n) is 7.06. The molecule has 0 atom stereocenters. The molecule has 4 aromatic rings. The van der Waals surface area contributed by atoms with Crippen LogP contribution in [0, 0.1) is 0 Å². The summed E-state index contributed by atoms with van der Waals surface area (Å²) in [5, 5.41) is 11.2. The first-order valence-corrected chi connectivity index (χ1v) is 9.89. The van der Waals surface area contributed by atoms with Crippen molar-refractivity contribution in [3.05, 3.63) is 52.5 Å². The van der Waals surface area contributed by atoms with E-state index in [4.69, 9.17) is 11.6 Å². The fraction of sp³-hybridized carbons (Fsp3) is 0.0588. The van der Waals surface area contributed by atoms with Crippen molar-refractivity contribution >= 4 is 61.7 Å². The number of thiazole rings is 1. The molecule has 0 amide bonds. The highest BCUT2D eigenvalue weighted by molar-refractivity contribution is 7.28. The number of hydrogen-bond acceptors (Lipinski definition) is 5. The highest BCUT2D eigenvalue weighted by atomic mass is 35.5. The largest absolute Gasteiger partial charge is 0.481 e. The van der Waals surface area contributed by atoms with E-state index in [9.17, 15) is 9.90 Å². The Morgan fingerprint density at radius 3 is 2.62 bits per heavy atom. The molecule has 7 heteroatoms. The Morgan fingerprint density at radius 1 is 1.08 bits per heavy atom. The summed E-state index contributed by atoms with van der Waals surface area (Å²) in [6, 6.07) is 14.0. The molecule has 1 aromatic carbocycles. The maximum atomic E-state index is 11.2. The Bertz CT molecular complexity index is 1010. The molecular formula is C17H10ClNO2S3. The van der Waals surface area contributed by atoms with Gasteiger partial charge >= 0.3 is 5.97 Å². The number of rotatable bonds is 4. The van der Waals surface area contributed by atoms with Crippen LogP contribution in [0.2, 0.25) is 4.34 Å². The van der Waals surface area contributed by atoms with Crippen LogP contribution in [0.15, 0.2) is 42.5 Å². The van der Waals surface area contributed by atoms with E-state index in [-0.39, 0.29) is 6.42 Å². The minimum absolute atomic E-state index is 0.0910. The van der Waals surface area contributed by atoms with Gasteiger partial charge in [0.05, 0.1) is 26.2 Å². The first kappa shape index (κ1) is 15.8. The van der Waals surface area contributed by atoms with E-state index in [1.165, 1.54) is 32.8 Å². The van der Waals surface area contributed by atoms with Crippen LogP contribution < -0.4 is 0 Å². The number of aromatic nitrogens is 1. The van der Waals surface area contributed by atoms with Gasteiger partial charge in [-0.1, -0.05) is 29.8 Å². The molecular weight excluding hydrogens is 382 g/mol. The van der Waals surface area contributed by atoms with Crippen molar-refractivity contribution in [1.29, 1.82) is 0 Å². The molecule has 0 fully saturated rings. The van der Waals surface area contributed by atoms with Crippen molar-refractivity contribution < 1.29 is 9.90 Å². The normalized spacial score (nSPS) is 11.2. The van der Waals surface area contributed by atoms with Crippen LogP contribution in [-0.4, -0.2) is 16.1 Å². The van der Waals surface area contributed by atoms with Crippen LogP contribution in [0.4, 0.5) is 0 Å². The molecule has 0 spiro atoms. The third kappa shape index (κ3) is 2.98. The number of carbonyl (C=O) groups is 1. The van der Waals surface area contributed by atoms with Gasteiger partial charge in [-0.05, 0) is 29.7 Å². The number of hydrogen-bond donors (Lipinski definition) is 1. The maximum Gasteiger partial charge on any atom is 0.309 e. The number of halogens is 1. The number of carboxylic acids is 1. The minimum atomic E-state index is -0.882. The van der Waals surface area contributed by atoms with Crippen LogP contribution in [0.5, 0.6) is 0 Å². The Balaban J connectivity index is 1.84. The third-order valence-electron chi connectivity index (χ3n) is 3.45. The zero-order valence-electron chi connectivity index (χ0n) is 12.2. The van der Waals surface area contributed by atoms with Gasteiger partial charge in [0, 0.05) is 9.58 Å². The summed E-state index contributed by atoms with van der Waals surface area (Å²) in [5.41, 5.74) is 0.596. The second kappa shape index (κ2) is 6.29. The molecule has 3 heterocycles. The molecule has 0 aliphatic heterocycles. The second-order valence-electron chi connectivity index (χ2n) is 5.12. The molecule has 1 N–H and O–H groups in total. The lowest BCUT2D eigenvalue weighted by Crippen LogP contribution is -2.01. The Hall–Kier alpha value is -1.73. The van der Waals surface area contributed by atoms with E-state index in [0.717, 1.165) is 19.6 Å². The molecule has 0 aliphatic carbocycles. The summed E-state index contributed by atoms with van der Waals surface area (Å²) in [6.45, 7) is 0. The monoisotopic (exact) mass is 391 g/mol. The van der Waals surface area contributed by atoms with Gasteiger partial charge in [-0.15, -0.1) is 34.0 Å². The summed E-state index contributed by atoms with van der Waals surface area (Å²) in [7, 11) is 0. The zero-order chi connectivity index (χ0) is 16.7. The third-order valence-corrected chi connectivity index (χ3v) is 7.24. The zero-order valence-corrected chi connectivity index (χ0v) is 15.4. The van der Waals surface area contributed by atoms with Crippen molar-refractivity contribution in [1.82, 2.24) is 4.98 Å². The summed E-state index contributed by atoms with van der Waals surface area (Å²) >= 11 is 10.7. The van der Waals surface area contributed by atoms with E-state index in [1.807, 2.05) is 24.3 Å². The van der Waals surface area contributed by atoms with Crippen molar-refractivity contribution in [2.45, 2.75) is 6.42 Å². The smallest absolute Gasteiger partial charge is 0.309 e. The SMILES string of the molecule is O=C(O)Cc1nc(-c2cc3ccccc3s2)sc1-c1ccc(Cl)s1. The molecule has 3 nitrogen and oxygen atoms in total. The highest BCUT2D eigenvalue weighted by Crippen LogP contribution is 2.42. The molecule has 0 radical (unpaired) electrons. The highest BCUT2D eigenvalue weighted by Gasteiger charge is 2.19. The lowest BCUT2D eigenvalue weighted by molar-refractivity contribution is -0.136. The lowest BCUT2D eigenvalue weighted by Gasteiger charge is -1.95. The topological polar surface area (TPSA) is 50.2 Å². The quantitative estimate of drug-likeness (QED) is 0.461. The molecule has 0 unspecified atom stereocenters. The van der Waals surface area contributed by atoms with Gasteiger partial charge in [-0.3, -0.25) is 4.79 Å². The van der Waals surface area contributed by atoms with Crippen LogP contribution in [0.3, 0.4) is 0 Å². The molecule has 0 saturated carbocycles. The van der Waals surface area contributed by atoms with E-state index in [0.29, 0.717) is 10.0 Å². The van der Waals surface area contributed by atoms with Crippen LogP contribution in [0.25, 0.3) is 29.7 Å². The van der Waals surface area contributed by atoms with Gasteiger partial charge < -0.3 is 5.11 Å². The number of aliphatic carboxylic acids is 1. The predicted molar refractivity (Wildman–Crippen MR) is 103 cm³/mol. The van der Waals surface area contributed by atoms with E-state index in [1.54, 1.807) is 11.3 Å². The standard InChI is InChI=1S/C17H10ClNO2S3/c18-14-6-5-12(23-14)16-10(8-15(20)21)19-17(24-16)13-7-9-3-1-2-4-11(9)22-13/h1-7H,8H2,(H,20,21). The summed E-state index contributed by atoms with van der Waals surface area (Å²) in [6.07, 6.45) is -0.0910. The molecule has 120 valence electrons. The Labute approximate surface area is 154 Å². The predicted octanol–water partition coefficient (Wildman–Crippen LogP) is 6.03.